The Morgan fingerprint density at radius 1 is 1.08 bits per heavy atom. The Balaban J connectivity index is 1.26. The lowest BCUT2D eigenvalue weighted by Gasteiger charge is -2.34. The molecule has 2 fully saturated rings. The molecule has 1 amide bonds. The standard InChI is InChI=1S/C21H27N3OS/c25-20(14-17-6-4-5-7-17)24-12-10-23(11-13-24)15-19-16-26-21(22-19)18-8-2-1-3-9-18/h1-3,8-9,16-17H,4-7,10-15H2. The fraction of sp³-hybridized carbons (Fsp3) is 0.524. The van der Waals surface area contributed by atoms with Gasteiger partial charge >= 0.3 is 0 Å². The number of carbonyl (C=O) groups excluding carboxylic acids is 1. The topological polar surface area (TPSA) is 36.4 Å². The molecule has 0 unspecified atom stereocenters. The lowest BCUT2D eigenvalue weighted by atomic mass is 10.0. The third-order valence-electron chi connectivity index (χ3n) is 5.62. The number of rotatable bonds is 5. The lowest BCUT2D eigenvalue weighted by Crippen LogP contribution is -2.48. The predicted octanol–water partition coefficient (Wildman–Crippen LogP) is 4.03. The van der Waals surface area contributed by atoms with Gasteiger partial charge in [0.15, 0.2) is 0 Å². The Morgan fingerprint density at radius 2 is 1.81 bits per heavy atom. The summed E-state index contributed by atoms with van der Waals surface area (Å²) in [4.78, 5) is 21.8. The van der Waals surface area contributed by atoms with Crippen LogP contribution in [0.4, 0.5) is 0 Å². The van der Waals surface area contributed by atoms with Crippen molar-refractivity contribution < 1.29 is 4.79 Å². The predicted molar refractivity (Wildman–Crippen MR) is 106 cm³/mol. The molecule has 1 saturated heterocycles. The number of benzene rings is 1. The summed E-state index contributed by atoms with van der Waals surface area (Å²) in [5.41, 5.74) is 2.32. The Morgan fingerprint density at radius 3 is 2.54 bits per heavy atom. The van der Waals surface area contributed by atoms with Gasteiger partial charge in [-0.1, -0.05) is 43.2 Å². The monoisotopic (exact) mass is 369 g/mol. The first kappa shape index (κ1) is 17.7. The van der Waals surface area contributed by atoms with Crippen LogP contribution in [0.3, 0.4) is 0 Å². The van der Waals surface area contributed by atoms with E-state index in [9.17, 15) is 4.79 Å². The third kappa shape index (κ3) is 4.33. The average Bonchev–Trinajstić information content (AvgIpc) is 3.35. The minimum absolute atomic E-state index is 0.372. The molecule has 26 heavy (non-hydrogen) atoms. The summed E-state index contributed by atoms with van der Waals surface area (Å²) in [6.45, 7) is 4.51. The first-order valence-electron chi connectivity index (χ1n) is 9.78. The molecule has 0 spiro atoms. The molecule has 5 heteroatoms. The average molecular weight is 370 g/mol. The van der Waals surface area contributed by atoms with Crippen LogP contribution in [-0.2, 0) is 11.3 Å². The zero-order valence-corrected chi connectivity index (χ0v) is 16.1. The molecule has 0 radical (unpaired) electrons. The molecule has 4 rings (SSSR count). The number of hydrogen-bond acceptors (Lipinski definition) is 4. The number of hydrogen-bond donors (Lipinski definition) is 0. The van der Waals surface area contributed by atoms with Crippen LogP contribution in [0, 0.1) is 5.92 Å². The quantitative estimate of drug-likeness (QED) is 0.798. The van der Waals surface area contributed by atoms with Crippen molar-refractivity contribution in [2.75, 3.05) is 26.2 Å². The van der Waals surface area contributed by atoms with E-state index in [1.54, 1.807) is 11.3 Å². The van der Waals surface area contributed by atoms with Crippen molar-refractivity contribution in [1.29, 1.82) is 0 Å². The molecule has 1 saturated carbocycles. The Hall–Kier alpha value is -1.72. The normalized spacial score (nSPS) is 19.2. The lowest BCUT2D eigenvalue weighted by molar-refractivity contribution is -0.134. The van der Waals surface area contributed by atoms with Gasteiger partial charge in [0, 0.05) is 50.1 Å². The van der Waals surface area contributed by atoms with Crippen LogP contribution in [0.2, 0.25) is 0 Å². The van der Waals surface area contributed by atoms with Crippen LogP contribution in [0.5, 0.6) is 0 Å². The van der Waals surface area contributed by atoms with Crippen molar-refractivity contribution >= 4 is 17.2 Å². The van der Waals surface area contributed by atoms with Crippen molar-refractivity contribution in [2.45, 2.75) is 38.6 Å². The van der Waals surface area contributed by atoms with E-state index >= 15 is 0 Å². The molecule has 1 aliphatic heterocycles. The SMILES string of the molecule is O=C(CC1CCCC1)N1CCN(Cc2csc(-c3ccccc3)n2)CC1. The van der Waals surface area contributed by atoms with Crippen molar-refractivity contribution in [2.24, 2.45) is 5.92 Å². The van der Waals surface area contributed by atoms with Gasteiger partial charge in [0.2, 0.25) is 5.91 Å². The van der Waals surface area contributed by atoms with Crippen molar-refractivity contribution in [3.63, 3.8) is 0 Å². The Labute approximate surface area is 159 Å². The smallest absolute Gasteiger partial charge is 0.222 e. The van der Waals surface area contributed by atoms with Crippen molar-refractivity contribution in [3.05, 3.63) is 41.4 Å². The molecule has 1 aromatic heterocycles. The van der Waals surface area contributed by atoms with Crippen LogP contribution < -0.4 is 0 Å². The Kier molecular flexibility index (Phi) is 5.65. The summed E-state index contributed by atoms with van der Waals surface area (Å²) in [5.74, 6) is 1.02. The first-order valence-corrected chi connectivity index (χ1v) is 10.7. The summed E-state index contributed by atoms with van der Waals surface area (Å²) in [6, 6.07) is 10.4. The fourth-order valence-corrected chi connectivity index (χ4v) is 4.88. The molecule has 0 atom stereocenters. The van der Waals surface area contributed by atoms with Gasteiger partial charge in [-0.2, -0.15) is 0 Å². The van der Waals surface area contributed by atoms with Crippen LogP contribution in [0.15, 0.2) is 35.7 Å². The molecular formula is C21H27N3OS. The fourth-order valence-electron chi connectivity index (χ4n) is 4.07. The molecule has 0 N–H and O–H groups in total. The van der Waals surface area contributed by atoms with Crippen molar-refractivity contribution in [1.82, 2.24) is 14.8 Å². The first-order chi connectivity index (χ1) is 12.8. The van der Waals surface area contributed by atoms with Crippen LogP contribution in [-0.4, -0.2) is 46.9 Å². The van der Waals surface area contributed by atoms with E-state index in [0.29, 0.717) is 11.8 Å². The number of aromatic nitrogens is 1. The van der Waals surface area contributed by atoms with Crippen LogP contribution >= 0.6 is 11.3 Å². The van der Waals surface area contributed by atoms with Gasteiger partial charge in [-0.05, 0) is 18.8 Å². The summed E-state index contributed by atoms with van der Waals surface area (Å²) in [7, 11) is 0. The van der Waals surface area contributed by atoms with E-state index in [2.05, 4.69) is 39.4 Å². The van der Waals surface area contributed by atoms with Gasteiger partial charge in [0.05, 0.1) is 5.69 Å². The van der Waals surface area contributed by atoms with Gasteiger partial charge in [-0.3, -0.25) is 9.69 Å². The highest BCUT2D eigenvalue weighted by Crippen LogP contribution is 2.28. The van der Waals surface area contributed by atoms with Crippen LogP contribution in [0.1, 0.15) is 37.8 Å². The van der Waals surface area contributed by atoms with Gasteiger partial charge in [-0.25, -0.2) is 4.98 Å². The highest BCUT2D eigenvalue weighted by atomic mass is 32.1. The third-order valence-corrected chi connectivity index (χ3v) is 6.56. The highest BCUT2D eigenvalue weighted by molar-refractivity contribution is 7.13. The molecule has 2 heterocycles. The molecule has 4 nitrogen and oxygen atoms in total. The van der Waals surface area contributed by atoms with E-state index < -0.39 is 0 Å². The zero-order chi connectivity index (χ0) is 17.8. The van der Waals surface area contributed by atoms with E-state index in [1.807, 2.05) is 6.07 Å². The highest BCUT2D eigenvalue weighted by Gasteiger charge is 2.25. The van der Waals surface area contributed by atoms with E-state index in [0.717, 1.165) is 49.8 Å². The molecule has 2 aliphatic rings. The van der Waals surface area contributed by atoms with Gasteiger partial charge in [0.1, 0.15) is 5.01 Å². The summed E-state index contributed by atoms with van der Waals surface area (Å²) >= 11 is 1.71. The second-order valence-electron chi connectivity index (χ2n) is 7.52. The summed E-state index contributed by atoms with van der Waals surface area (Å²) in [6.07, 6.45) is 5.89. The summed E-state index contributed by atoms with van der Waals surface area (Å²) < 4.78 is 0. The van der Waals surface area contributed by atoms with Gasteiger partial charge in [0.25, 0.3) is 0 Å². The molecule has 2 aromatic rings. The molecular weight excluding hydrogens is 342 g/mol. The van der Waals surface area contributed by atoms with E-state index in [1.165, 1.54) is 31.2 Å². The largest absolute Gasteiger partial charge is 0.340 e. The minimum atomic E-state index is 0.372. The van der Waals surface area contributed by atoms with Gasteiger partial charge in [-0.15, -0.1) is 11.3 Å². The maximum absolute atomic E-state index is 12.5. The zero-order valence-electron chi connectivity index (χ0n) is 15.3. The van der Waals surface area contributed by atoms with Gasteiger partial charge < -0.3 is 4.90 Å². The molecule has 0 bridgehead atoms. The number of thiazole rings is 1. The van der Waals surface area contributed by atoms with E-state index in [-0.39, 0.29) is 0 Å². The number of nitrogens with zero attached hydrogens (tertiary/aromatic N) is 3. The summed E-state index contributed by atoms with van der Waals surface area (Å²) in [5, 5.41) is 3.26. The number of amides is 1. The number of carbonyl (C=O) groups is 1. The Bertz CT molecular complexity index is 716. The van der Waals surface area contributed by atoms with E-state index in [4.69, 9.17) is 4.98 Å². The van der Waals surface area contributed by atoms with Crippen LogP contribution in [0.25, 0.3) is 10.6 Å². The molecule has 1 aromatic carbocycles. The number of piperazine rings is 1. The van der Waals surface area contributed by atoms with Crippen molar-refractivity contribution in [3.8, 4) is 10.6 Å². The maximum atomic E-state index is 12.5. The molecule has 138 valence electrons. The maximum Gasteiger partial charge on any atom is 0.222 e. The second kappa shape index (κ2) is 8.31. The molecule has 1 aliphatic carbocycles. The minimum Gasteiger partial charge on any atom is -0.340 e. The second-order valence-corrected chi connectivity index (χ2v) is 8.38.